The van der Waals surface area contributed by atoms with Crippen LogP contribution < -0.4 is 10.5 Å². The summed E-state index contributed by atoms with van der Waals surface area (Å²) in [6.45, 7) is 1.96. The molecule has 1 aromatic carbocycles. The normalized spacial score (nSPS) is 18.7. The lowest BCUT2D eigenvalue weighted by Crippen LogP contribution is -2.21. The topological polar surface area (TPSA) is 106 Å². The molecule has 1 unspecified atom stereocenters. The van der Waals surface area contributed by atoms with E-state index >= 15 is 0 Å². The number of rotatable bonds is 3. The average Bonchev–Trinajstić information content (AvgIpc) is 3.30. The zero-order valence-corrected chi connectivity index (χ0v) is 14.8. The van der Waals surface area contributed by atoms with Crippen LogP contribution in [-0.4, -0.2) is 19.7 Å². The first-order chi connectivity index (χ1) is 13.2. The minimum Gasteiger partial charge on any atom is -0.420 e. The number of nitrogens with two attached hydrogens (primary N) is 1. The third-order valence-corrected chi connectivity index (χ3v) is 5.28. The van der Waals surface area contributed by atoms with Crippen molar-refractivity contribution in [3.05, 3.63) is 70.8 Å². The number of allylic oxidation sites excluding steroid dienone is 1. The molecule has 0 bridgehead atoms. The van der Waals surface area contributed by atoms with E-state index in [-0.39, 0.29) is 11.8 Å². The summed E-state index contributed by atoms with van der Waals surface area (Å²) in [6, 6.07) is 10.4. The first kappa shape index (κ1) is 15.7. The summed E-state index contributed by atoms with van der Waals surface area (Å²) in [7, 11) is 0. The molecule has 3 aromatic rings. The Balaban J connectivity index is 1.62. The van der Waals surface area contributed by atoms with Crippen LogP contribution in [0, 0.1) is 18.3 Å². The zero-order chi connectivity index (χ0) is 18.5. The van der Waals surface area contributed by atoms with Crippen molar-refractivity contribution in [2.75, 3.05) is 0 Å². The lowest BCUT2D eigenvalue weighted by Gasteiger charge is -2.24. The lowest BCUT2D eigenvalue weighted by atomic mass is 9.83. The van der Waals surface area contributed by atoms with Crippen molar-refractivity contribution in [3.63, 3.8) is 0 Å². The molecule has 0 spiro atoms. The number of H-pyrrole nitrogens is 1. The van der Waals surface area contributed by atoms with Crippen LogP contribution in [0.1, 0.15) is 47.3 Å². The highest BCUT2D eigenvalue weighted by Crippen LogP contribution is 2.49. The number of nitrogens with zero attached hydrogens (tertiary/aromatic N) is 4. The molecular formula is C20H18N6O. The fourth-order valence-corrected chi connectivity index (χ4v) is 3.76. The largest absolute Gasteiger partial charge is 0.420 e. The summed E-state index contributed by atoms with van der Waals surface area (Å²) < 4.78 is 7.64. The highest BCUT2D eigenvalue weighted by atomic mass is 16.5. The highest BCUT2D eigenvalue weighted by molar-refractivity contribution is 5.57. The van der Waals surface area contributed by atoms with Crippen LogP contribution in [0.15, 0.2) is 48.1 Å². The van der Waals surface area contributed by atoms with Crippen molar-refractivity contribution >= 4 is 0 Å². The number of aryl methyl sites for hydroxylation is 1. The Kier molecular flexibility index (Phi) is 3.34. The number of nitrogens with one attached hydrogen (secondary N) is 1. The van der Waals surface area contributed by atoms with Gasteiger partial charge >= 0.3 is 0 Å². The summed E-state index contributed by atoms with van der Waals surface area (Å²) in [5.41, 5.74) is 10.5. The summed E-state index contributed by atoms with van der Waals surface area (Å²) in [5.74, 6) is 1.71. The number of nitriles is 1. The second-order valence-corrected chi connectivity index (χ2v) is 6.99. The van der Waals surface area contributed by atoms with Crippen molar-refractivity contribution in [2.24, 2.45) is 5.73 Å². The Morgan fingerprint density at radius 3 is 2.70 bits per heavy atom. The fraction of sp³-hybridized carbons (Fsp3) is 0.250. The van der Waals surface area contributed by atoms with Gasteiger partial charge in [-0.15, -0.1) is 5.10 Å². The van der Waals surface area contributed by atoms with Crippen molar-refractivity contribution in [2.45, 2.75) is 31.6 Å². The Hall–Kier alpha value is -3.53. The summed E-state index contributed by atoms with van der Waals surface area (Å²) in [4.78, 5) is 4.27. The molecule has 2 aromatic heterocycles. The van der Waals surface area contributed by atoms with E-state index in [1.54, 1.807) is 6.20 Å². The van der Waals surface area contributed by atoms with Crippen molar-refractivity contribution in [3.8, 4) is 17.6 Å². The molecule has 1 atom stereocenters. The molecule has 0 saturated heterocycles. The molecule has 3 N–H and O–H groups in total. The predicted octanol–water partition coefficient (Wildman–Crippen LogP) is 3.00. The first-order valence-electron chi connectivity index (χ1n) is 8.93. The number of benzene rings is 1. The van der Waals surface area contributed by atoms with Crippen molar-refractivity contribution < 1.29 is 4.74 Å². The molecule has 0 radical (unpaired) electrons. The number of hydrogen-bond acceptors (Lipinski definition) is 5. The van der Waals surface area contributed by atoms with E-state index in [4.69, 9.17) is 10.5 Å². The van der Waals surface area contributed by atoms with E-state index in [2.05, 4.69) is 21.3 Å². The number of aromatic amines is 1. The summed E-state index contributed by atoms with van der Waals surface area (Å²) in [5, 5.41) is 17.1. The molecule has 134 valence electrons. The Bertz CT molecular complexity index is 1090. The minimum atomic E-state index is -0.272. The van der Waals surface area contributed by atoms with Gasteiger partial charge in [-0.25, -0.2) is 4.98 Å². The van der Waals surface area contributed by atoms with Crippen molar-refractivity contribution in [1.29, 1.82) is 5.26 Å². The maximum absolute atomic E-state index is 9.73. The molecule has 3 heterocycles. The number of imidazole rings is 1. The number of fused-ring (bicyclic) bond motifs is 1. The first-order valence-corrected chi connectivity index (χ1v) is 8.93. The van der Waals surface area contributed by atoms with E-state index in [0.29, 0.717) is 17.4 Å². The molecule has 5 rings (SSSR count). The minimum absolute atomic E-state index is 0.123. The molecule has 27 heavy (non-hydrogen) atoms. The van der Waals surface area contributed by atoms with Crippen LogP contribution in [0.25, 0.3) is 5.69 Å². The van der Waals surface area contributed by atoms with Gasteiger partial charge in [-0.2, -0.15) is 5.26 Å². The van der Waals surface area contributed by atoms with Gasteiger partial charge in [0.25, 0.3) is 0 Å². The van der Waals surface area contributed by atoms with E-state index in [1.165, 1.54) is 0 Å². The van der Waals surface area contributed by atoms with Crippen LogP contribution in [-0.2, 0) is 0 Å². The van der Waals surface area contributed by atoms with Gasteiger partial charge in [0.05, 0.1) is 11.5 Å². The summed E-state index contributed by atoms with van der Waals surface area (Å²) >= 11 is 0. The molecular weight excluding hydrogens is 340 g/mol. The monoisotopic (exact) mass is 358 g/mol. The standard InChI is InChI=1S/C20H18N6O/c1-11-23-8-9-26(11)14-6-4-12(5-7-14)16-15(10-21)19(22)27-20-17(16)18(24-25-20)13-2-3-13/h4-9,13,16H,2-3,22H2,1H3,(H,24,25). The Morgan fingerprint density at radius 1 is 1.30 bits per heavy atom. The third-order valence-electron chi connectivity index (χ3n) is 5.28. The van der Waals surface area contributed by atoms with Crippen LogP contribution in [0.3, 0.4) is 0 Å². The molecule has 7 nitrogen and oxygen atoms in total. The van der Waals surface area contributed by atoms with Gasteiger partial charge in [-0.05, 0) is 37.5 Å². The predicted molar refractivity (Wildman–Crippen MR) is 98.2 cm³/mol. The van der Waals surface area contributed by atoms with Crippen LogP contribution in [0.5, 0.6) is 5.88 Å². The smallest absolute Gasteiger partial charge is 0.244 e. The molecule has 1 aliphatic carbocycles. The molecule has 7 heteroatoms. The highest BCUT2D eigenvalue weighted by Gasteiger charge is 2.39. The quantitative estimate of drug-likeness (QED) is 0.749. The van der Waals surface area contributed by atoms with E-state index in [0.717, 1.165) is 41.2 Å². The molecule has 1 aliphatic heterocycles. The SMILES string of the molecule is Cc1nccn1-c1ccc(C2C(C#N)=C(N)Oc3n[nH]c(C4CC4)c32)cc1. The molecule has 1 saturated carbocycles. The Morgan fingerprint density at radius 2 is 2.07 bits per heavy atom. The molecule has 1 fully saturated rings. The van der Waals surface area contributed by atoms with Crippen molar-refractivity contribution in [1.82, 2.24) is 19.7 Å². The third kappa shape index (κ3) is 2.41. The van der Waals surface area contributed by atoms with Gasteiger partial charge in [0.1, 0.15) is 17.5 Å². The second kappa shape index (κ2) is 5.74. The van der Waals surface area contributed by atoms with Crippen LogP contribution in [0.4, 0.5) is 0 Å². The zero-order valence-electron chi connectivity index (χ0n) is 14.8. The van der Waals surface area contributed by atoms with Gasteiger partial charge in [0.15, 0.2) is 0 Å². The van der Waals surface area contributed by atoms with E-state index in [1.807, 2.05) is 42.0 Å². The Labute approximate surface area is 156 Å². The van der Waals surface area contributed by atoms with Gasteiger partial charge < -0.3 is 15.0 Å². The average molecular weight is 358 g/mol. The van der Waals surface area contributed by atoms with Gasteiger partial charge in [0, 0.05) is 29.7 Å². The fourth-order valence-electron chi connectivity index (χ4n) is 3.76. The van der Waals surface area contributed by atoms with E-state index in [9.17, 15) is 5.26 Å². The summed E-state index contributed by atoms with van der Waals surface area (Å²) in [6.07, 6.45) is 5.96. The van der Waals surface area contributed by atoms with Gasteiger partial charge in [-0.1, -0.05) is 12.1 Å². The maximum atomic E-state index is 9.73. The number of hydrogen-bond donors (Lipinski definition) is 2. The number of ether oxygens (including phenoxy) is 1. The number of aromatic nitrogens is 4. The maximum Gasteiger partial charge on any atom is 0.244 e. The lowest BCUT2D eigenvalue weighted by molar-refractivity contribution is 0.378. The van der Waals surface area contributed by atoms with Gasteiger partial charge in [0.2, 0.25) is 11.8 Å². The molecule has 0 amide bonds. The van der Waals surface area contributed by atoms with E-state index < -0.39 is 0 Å². The van der Waals surface area contributed by atoms with Crippen LogP contribution >= 0.6 is 0 Å². The molecule has 2 aliphatic rings. The second-order valence-electron chi connectivity index (χ2n) is 6.99. The van der Waals surface area contributed by atoms with Gasteiger partial charge in [-0.3, -0.25) is 5.10 Å². The van der Waals surface area contributed by atoms with Crippen LogP contribution in [0.2, 0.25) is 0 Å².